The Labute approximate surface area is 112 Å². The second-order valence-electron chi connectivity index (χ2n) is 5.66. The van der Waals surface area contributed by atoms with Gasteiger partial charge in [-0.25, -0.2) is 0 Å². The molecule has 3 heteroatoms. The van der Waals surface area contributed by atoms with Gasteiger partial charge in [0.1, 0.15) is 0 Å². The van der Waals surface area contributed by atoms with Crippen LogP contribution in [-0.2, 0) is 4.79 Å². The van der Waals surface area contributed by atoms with Crippen molar-refractivity contribution in [1.82, 2.24) is 4.90 Å². The molecule has 0 aromatic carbocycles. The second-order valence-corrected chi connectivity index (χ2v) is 5.66. The van der Waals surface area contributed by atoms with E-state index in [2.05, 4.69) is 11.8 Å². The monoisotopic (exact) mass is 255 g/mol. The van der Waals surface area contributed by atoms with Gasteiger partial charge in [0.2, 0.25) is 0 Å². The van der Waals surface area contributed by atoms with Crippen LogP contribution in [0.25, 0.3) is 0 Å². The number of carbonyl (C=O) groups is 1. The highest BCUT2D eigenvalue weighted by Gasteiger charge is 2.16. The highest BCUT2D eigenvalue weighted by atomic mass is 16.4. The van der Waals surface area contributed by atoms with Crippen LogP contribution in [0.3, 0.4) is 0 Å². The molecular weight excluding hydrogens is 226 g/mol. The first kappa shape index (κ1) is 15.5. The van der Waals surface area contributed by atoms with E-state index in [1.54, 1.807) is 0 Å². The standard InChI is InChI=1S/C15H29NO2/c1-2-11-16(12-7-6-10-15(17)18)13-14-8-4-3-5-9-14/h14H,2-13H2,1H3,(H,17,18). The number of carboxylic acid groups (broad SMARTS) is 1. The molecule has 0 aromatic rings. The van der Waals surface area contributed by atoms with Crippen LogP contribution in [0, 0.1) is 5.92 Å². The smallest absolute Gasteiger partial charge is 0.303 e. The molecule has 0 amide bonds. The average molecular weight is 255 g/mol. The van der Waals surface area contributed by atoms with Crippen LogP contribution in [0.2, 0.25) is 0 Å². The van der Waals surface area contributed by atoms with Crippen LogP contribution in [-0.4, -0.2) is 35.6 Å². The zero-order chi connectivity index (χ0) is 13.2. The molecule has 1 aliphatic carbocycles. The molecule has 0 unspecified atom stereocenters. The molecule has 0 saturated heterocycles. The Morgan fingerprint density at radius 1 is 1.17 bits per heavy atom. The van der Waals surface area contributed by atoms with Gasteiger partial charge in [0.25, 0.3) is 0 Å². The maximum atomic E-state index is 10.5. The fraction of sp³-hybridized carbons (Fsp3) is 0.933. The quantitative estimate of drug-likeness (QED) is 0.641. The van der Waals surface area contributed by atoms with Crippen molar-refractivity contribution >= 4 is 5.97 Å². The van der Waals surface area contributed by atoms with Gasteiger partial charge >= 0.3 is 5.97 Å². The molecule has 0 spiro atoms. The number of nitrogens with zero attached hydrogens (tertiary/aromatic N) is 1. The molecule has 0 heterocycles. The molecule has 1 fully saturated rings. The zero-order valence-corrected chi connectivity index (χ0v) is 11.9. The van der Waals surface area contributed by atoms with E-state index in [-0.39, 0.29) is 0 Å². The summed E-state index contributed by atoms with van der Waals surface area (Å²) >= 11 is 0. The predicted molar refractivity (Wildman–Crippen MR) is 74.8 cm³/mol. The molecule has 0 radical (unpaired) electrons. The molecule has 0 bridgehead atoms. The van der Waals surface area contributed by atoms with Crippen molar-refractivity contribution < 1.29 is 9.90 Å². The van der Waals surface area contributed by atoms with E-state index in [0.717, 1.165) is 25.3 Å². The highest BCUT2D eigenvalue weighted by Crippen LogP contribution is 2.24. The van der Waals surface area contributed by atoms with Gasteiger partial charge in [-0.05, 0) is 51.1 Å². The Balaban J connectivity index is 2.18. The summed E-state index contributed by atoms with van der Waals surface area (Å²) in [6, 6.07) is 0. The SMILES string of the molecule is CCCN(CCCCC(=O)O)CC1CCCCC1. The van der Waals surface area contributed by atoms with E-state index in [9.17, 15) is 4.79 Å². The highest BCUT2D eigenvalue weighted by molar-refractivity contribution is 5.66. The molecular formula is C15H29NO2. The summed E-state index contributed by atoms with van der Waals surface area (Å²) < 4.78 is 0. The number of carboxylic acids is 1. The van der Waals surface area contributed by atoms with Crippen molar-refractivity contribution in [3.63, 3.8) is 0 Å². The van der Waals surface area contributed by atoms with Crippen molar-refractivity contribution in [2.24, 2.45) is 5.92 Å². The third-order valence-electron chi connectivity index (χ3n) is 3.90. The van der Waals surface area contributed by atoms with E-state index >= 15 is 0 Å². The molecule has 0 atom stereocenters. The summed E-state index contributed by atoms with van der Waals surface area (Å²) in [5.74, 6) is 0.231. The number of hydrogen-bond donors (Lipinski definition) is 1. The maximum Gasteiger partial charge on any atom is 0.303 e. The Bertz CT molecular complexity index is 225. The largest absolute Gasteiger partial charge is 0.481 e. The molecule has 1 saturated carbocycles. The molecule has 1 N–H and O–H groups in total. The van der Waals surface area contributed by atoms with Gasteiger partial charge < -0.3 is 10.0 Å². The first-order valence-corrected chi connectivity index (χ1v) is 7.66. The number of hydrogen-bond acceptors (Lipinski definition) is 2. The fourth-order valence-electron chi connectivity index (χ4n) is 2.96. The van der Waals surface area contributed by atoms with Gasteiger partial charge in [0.15, 0.2) is 0 Å². The van der Waals surface area contributed by atoms with Crippen LogP contribution in [0.15, 0.2) is 0 Å². The van der Waals surface area contributed by atoms with Crippen molar-refractivity contribution in [2.45, 2.75) is 64.7 Å². The van der Waals surface area contributed by atoms with E-state index in [1.807, 2.05) is 0 Å². The Hall–Kier alpha value is -0.570. The van der Waals surface area contributed by atoms with Crippen LogP contribution in [0.4, 0.5) is 0 Å². The molecule has 1 aliphatic rings. The lowest BCUT2D eigenvalue weighted by Gasteiger charge is -2.29. The summed E-state index contributed by atoms with van der Waals surface area (Å²) in [7, 11) is 0. The van der Waals surface area contributed by atoms with Crippen molar-refractivity contribution in [3.05, 3.63) is 0 Å². The molecule has 106 valence electrons. The van der Waals surface area contributed by atoms with Gasteiger partial charge in [-0.2, -0.15) is 0 Å². The average Bonchev–Trinajstić information content (AvgIpc) is 2.36. The third-order valence-corrected chi connectivity index (χ3v) is 3.90. The topological polar surface area (TPSA) is 40.5 Å². The first-order chi connectivity index (χ1) is 8.72. The molecule has 18 heavy (non-hydrogen) atoms. The van der Waals surface area contributed by atoms with Gasteiger partial charge in [0.05, 0.1) is 0 Å². The summed E-state index contributed by atoms with van der Waals surface area (Å²) in [5, 5.41) is 8.63. The van der Waals surface area contributed by atoms with Crippen LogP contribution >= 0.6 is 0 Å². The number of aliphatic carboxylic acids is 1. The summed E-state index contributed by atoms with van der Waals surface area (Å²) in [6.45, 7) is 5.72. The van der Waals surface area contributed by atoms with Gasteiger partial charge in [-0.1, -0.05) is 26.2 Å². The minimum absolute atomic E-state index is 0.323. The van der Waals surface area contributed by atoms with Crippen LogP contribution in [0.5, 0.6) is 0 Å². The normalized spacial score (nSPS) is 17.2. The van der Waals surface area contributed by atoms with E-state index in [0.29, 0.717) is 6.42 Å². The van der Waals surface area contributed by atoms with Crippen molar-refractivity contribution in [3.8, 4) is 0 Å². The lowest BCUT2D eigenvalue weighted by atomic mass is 9.89. The van der Waals surface area contributed by atoms with Crippen LogP contribution < -0.4 is 0 Å². The minimum atomic E-state index is -0.663. The van der Waals surface area contributed by atoms with Crippen molar-refractivity contribution in [1.29, 1.82) is 0 Å². The van der Waals surface area contributed by atoms with E-state index in [1.165, 1.54) is 51.6 Å². The van der Waals surface area contributed by atoms with E-state index < -0.39 is 5.97 Å². The Morgan fingerprint density at radius 3 is 2.50 bits per heavy atom. The second kappa shape index (κ2) is 9.37. The number of rotatable bonds is 9. The van der Waals surface area contributed by atoms with E-state index in [4.69, 9.17) is 5.11 Å². The van der Waals surface area contributed by atoms with Gasteiger partial charge in [0, 0.05) is 13.0 Å². The Morgan fingerprint density at radius 2 is 1.89 bits per heavy atom. The van der Waals surface area contributed by atoms with Crippen molar-refractivity contribution in [2.75, 3.05) is 19.6 Å². The third kappa shape index (κ3) is 7.00. The molecule has 3 nitrogen and oxygen atoms in total. The molecule has 0 aromatic heterocycles. The van der Waals surface area contributed by atoms with Crippen LogP contribution in [0.1, 0.15) is 64.7 Å². The predicted octanol–water partition coefficient (Wildman–Crippen LogP) is 3.53. The molecule has 1 rings (SSSR count). The number of unbranched alkanes of at least 4 members (excludes halogenated alkanes) is 1. The first-order valence-electron chi connectivity index (χ1n) is 7.66. The Kier molecular flexibility index (Phi) is 8.06. The zero-order valence-electron chi connectivity index (χ0n) is 11.9. The minimum Gasteiger partial charge on any atom is -0.481 e. The summed E-state index contributed by atoms with van der Waals surface area (Å²) in [5.41, 5.74) is 0. The summed E-state index contributed by atoms with van der Waals surface area (Å²) in [4.78, 5) is 13.0. The molecule has 0 aliphatic heterocycles. The maximum absolute atomic E-state index is 10.5. The lowest BCUT2D eigenvalue weighted by Crippen LogP contribution is -2.32. The fourth-order valence-corrected chi connectivity index (χ4v) is 2.96. The lowest BCUT2D eigenvalue weighted by molar-refractivity contribution is -0.137. The summed E-state index contributed by atoms with van der Waals surface area (Å²) in [6.07, 6.45) is 10.4. The van der Waals surface area contributed by atoms with Gasteiger partial charge in [-0.15, -0.1) is 0 Å². The van der Waals surface area contributed by atoms with Gasteiger partial charge in [-0.3, -0.25) is 4.79 Å².